The predicted octanol–water partition coefficient (Wildman–Crippen LogP) is 2.24. The van der Waals surface area contributed by atoms with Gasteiger partial charge in [0.15, 0.2) is 0 Å². The minimum absolute atomic E-state index is 0.0204. The maximum atomic E-state index is 12.8. The number of carbonyl (C=O) groups excluding carboxylic acids is 3. The second kappa shape index (κ2) is 9.14. The van der Waals surface area contributed by atoms with Crippen molar-refractivity contribution in [2.45, 2.75) is 33.2 Å². The summed E-state index contributed by atoms with van der Waals surface area (Å²) in [5.74, 6) is -2.21. The van der Waals surface area contributed by atoms with Gasteiger partial charge in [0.05, 0.1) is 24.8 Å². The summed E-state index contributed by atoms with van der Waals surface area (Å²) >= 11 is 0. The molecule has 144 valence electrons. The number of aromatic amines is 1. The van der Waals surface area contributed by atoms with E-state index in [2.05, 4.69) is 10.3 Å². The van der Waals surface area contributed by atoms with E-state index in [1.54, 1.807) is 45.0 Å². The first-order valence-electron chi connectivity index (χ1n) is 8.85. The van der Waals surface area contributed by atoms with Crippen molar-refractivity contribution in [1.29, 1.82) is 0 Å². The van der Waals surface area contributed by atoms with E-state index in [0.29, 0.717) is 23.2 Å². The lowest BCUT2D eigenvalue weighted by Crippen LogP contribution is -2.41. The number of aliphatic hydroxyl groups is 1. The van der Waals surface area contributed by atoms with Gasteiger partial charge in [0.1, 0.15) is 5.69 Å². The van der Waals surface area contributed by atoms with Crippen molar-refractivity contribution in [3.8, 4) is 11.1 Å². The number of aromatic nitrogens is 1. The van der Waals surface area contributed by atoms with Crippen LogP contribution in [0.2, 0.25) is 0 Å². The molecule has 3 N–H and O–H groups in total. The standard InChI is InChI=1S/C20H24N2O5/c1-4-14(11-23)22-19(25)18(24)17-16(13-9-7-6-8-10-13)15(12(3)21-17)20(26)27-5-2/h6-10,14,21,23H,4-5,11H2,1-3H3,(H,22,25)/t14-/m1/s1. The van der Waals surface area contributed by atoms with E-state index in [-0.39, 0.29) is 24.5 Å². The SMILES string of the molecule is CCOC(=O)c1c(C)[nH]c(C(=O)C(=O)N[C@H](CC)CO)c1-c1ccccc1. The number of esters is 1. The zero-order valence-electron chi connectivity index (χ0n) is 15.7. The third-order valence-corrected chi connectivity index (χ3v) is 4.21. The van der Waals surface area contributed by atoms with E-state index in [4.69, 9.17) is 4.74 Å². The second-order valence-corrected chi connectivity index (χ2v) is 6.05. The van der Waals surface area contributed by atoms with Gasteiger partial charge in [0.25, 0.3) is 11.7 Å². The van der Waals surface area contributed by atoms with E-state index in [9.17, 15) is 19.5 Å². The van der Waals surface area contributed by atoms with Gasteiger partial charge in [-0.15, -0.1) is 0 Å². The quantitative estimate of drug-likeness (QED) is 0.374. The average Bonchev–Trinajstić information content (AvgIpc) is 3.03. The Hall–Kier alpha value is -2.93. The van der Waals surface area contributed by atoms with Gasteiger partial charge < -0.3 is 20.1 Å². The first kappa shape index (κ1) is 20.4. The third kappa shape index (κ3) is 4.43. The highest BCUT2D eigenvalue weighted by atomic mass is 16.5. The van der Waals surface area contributed by atoms with Crippen LogP contribution in [0.3, 0.4) is 0 Å². The molecule has 0 spiro atoms. The van der Waals surface area contributed by atoms with Crippen LogP contribution in [0.1, 0.15) is 46.8 Å². The van der Waals surface area contributed by atoms with Crippen LogP contribution >= 0.6 is 0 Å². The van der Waals surface area contributed by atoms with Crippen molar-refractivity contribution in [2.75, 3.05) is 13.2 Å². The van der Waals surface area contributed by atoms with Crippen molar-refractivity contribution in [2.24, 2.45) is 0 Å². The number of carbonyl (C=O) groups is 3. The summed E-state index contributed by atoms with van der Waals surface area (Å²) in [5, 5.41) is 11.7. The van der Waals surface area contributed by atoms with E-state index in [1.807, 2.05) is 6.07 Å². The number of amides is 1. The lowest BCUT2D eigenvalue weighted by atomic mass is 9.98. The van der Waals surface area contributed by atoms with Gasteiger partial charge in [-0.25, -0.2) is 4.79 Å². The zero-order valence-corrected chi connectivity index (χ0v) is 15.7. The number of rotatable bonds is 8. The van der Waals surface area contributed by atoms with Gasteiger partial charge in [-0.05, 0) is 25.8 Å². The van der Waals surface area contributed by atoms with Gasteiger partial charge in [0.2, 0.25) is 0 Å². The number of hydrogen-bond acceptors (Lipinski definition) is 5. The molecule has 1 atom stereocenters. The van der Waals surface area contributed by atoms with Crippen LogP contribution in [0.25, 0.3) is 11.1 Å². The average molecular weight is 372 g/mol. The van der Waals surface area contributed by atoms with Crippen LogP contribution in [-0.4, -0.2) is 47.0 Å². The zero-order chi connectivity index (χ0) is 20.0. The fourth-order valence-corrected chi connectivity index (χ4v) is 2.79. The smallest absolute Gasteiger partial charge is 0.340 e. The molecular weight excluding hydrogens is 348 g/mol. The van der Waals surface area contributed by atoms with Crippen LogP contribution < -0.4 is 5.32 Å². The first-order chi connectivity index (χ1) is 12.9. The number of nitrogens with one attached hydrogen (secondary N) is 2. The lowest BCUT2D eigenvalue weighted by molar-refractivity contribution is -0.118. The molecule has 0 saturated heterocycles. The highest BCUT2D eigenvalue weighted by Crippen LogP contribution is 2.31. The molecule has 1 aromatic carbocycles. The summed E-state index contributed by atoms with van der Waals surface area (Å²) in [7, 11) is 0. The van der Waals surface area contributed by atoms with Crippen LogP contribution in [0.15, 0.2) is 30.3 Å². The molecule has 1 amide bonds. The molecule has 27 heavy (non-hydrogen) atoms. The summed E-state index contributed by atoms with van der Waals surface area (Å²) in [4.78, 5) is 40.5. The monoisotopic (exact) mass is 372 g/mol. The van der Waals surface area contributed by atoms with Crippen molar-refractivity contribution in [1.82, 2.24) is 10.3 Å². The summed E-state index contributed by atoms with van der Waals surface area (Å²) < 4.78 is 5.12. The molecule has 2 aromatic rings. The van der Waals surface area contributed by atoms with Crippen LogP contribution in [-0.2, 0) is 9.53 Å². The highest BCUT2D eigenvalue weighted by Gasteiger charge is 2.30. The van der Waals surface area contributed by atoms with Gasteiger partial charge in [-0.1, -0.05) is 37.3 Å². The minimum Gasteiger partial charge on any atom is -0.462 e. The largest absolute Gasteiger partial charge is 0.462 e. The Morgan fingerprint density at radius 2 is 1.85 bits per heavy atom. The van der Waals surface area contributed by atoms with Gasteiger partial charge in [0, 0.05) is 11.3 Å². The van der Waals surface area contributed by atoms with Crippen molar-refractivity contribution in [3.63, 3.8) is 0 Å². The Morgan fingerprint density at radius 1 is 1.19 bits per heavy atom. The molecule has 7 nitrogen and oxygen atoms in total. The molecule has 0 saturated carbocycles. The molecule has 7 heteroatoms. The molecule has 0 aliphatic rings. The predicted molar refractivity (Wildman–Crippen MR) is 101 cm³/mol. The number of ketones is 1. The van der Waals surface area contributed by atoms with Crippen LogP contribution in [0.4, 0.5) is 0 Å². The molecule has 2 rings (SSSR count). The topological polar surface area (TPSA) is 108 Å². The lowest BCUT2D eigenvalue weighted by Gasteiger charge is -2.13. The number of aryl methyl sites for hydroxylation is 1. The summed E-state index contributed by atoms with van der Waals surface area (Å²) in [6, 6.07) is 8.36. The van der Waals surface area contributed by atoms with E-state index in [0.717, 1.165) is 0 Å². The molecule has 0 unspecified atom stereocenters. The van der Waals surface area contributed by atoms with Crippen molar-refractivity contribution < 1.29 is 24.2 Å². The third-order valence-electron chi connectivity index (χ3n) is 4.21. The number of benzene rings is 1. The molecule has 0 radical (unpaired) electrons. The Balaban J connectivity index is 2.53. The molecule has 0 aliphatic heterocycles. The second-order valence-electron chi connectivity index (χ2n) is 6.05. The molecule has 0 fully saturated rings. The van der Waals surface area contributed by atoms with E-state index in [1.165, 1.54) is 0 Å². The Kier molecular flexibility index (Phi) is 6.90. The fraction of sp³-hybridized carbons (Fsp3) is 0.350. The van der Waals surface area contributed by atoms with Crippen molar-refractivity contribution in [3.05, 3.63) is 47.3 Å². The molecule has 1 heterocycles. The maximum absolute atomic E-state index is 12.8. The molecule has 1 aromatic heterocycles. The number of aliphatic hydroxyl groups excluding tert-OH is 1. The molecule has 0 aliphatic carbocycles. The van der Waals surface area contributed by atoms with Crippen molar-refractivity contribution >= 4 is 17.7 Å². The van der Waals surface area contributed by atoms with Crippen LogP contribution in [0.5, 0.6) is 0 Å². The van der Waals surface area contributed by atoms with E-state index < -0.39 is 23.7 Å². The Bertz CT molecular complexity index is 822. The van der Waals surface area contributed by atoms with E-state index >= 15 is 0 Å². The number of H-pyrrole nitrogens is 1. The Morgan fingerprint density at radius 3 is 2.41 bits per heavy atom. The molecular formula is C20H24N2O5. The summed E-state index contributed by atoms with van der Waals surface area (Å²) in [5.41, 5.74) is 1.65. The number of Topliss-reactive ketones (excluding diaryl/α,β-unsaturated/α-hetero) is 1. The van der Waals surface area contributed by atoms with Gasteiger partial charge in [-0.2, -0.15) is 0 Å². The number of ether oxygens (including phenoxy) is 1. The minimum atomic E-state index is -0.843. The molecule has 0 bridgehead atoms. The first-order valence-corrected chi connectivity index (χ1v) is 8.85. The maximum Gasteiger partial charge on any atom is 0.340 e. The summed E-state index contributed by atoms with van der Waals surface area (Å²) in [6.07, 6.45) is 0.485. The van der Waals surface area contributed by atoms with Gasteiger partial charge in [-0.3, -0.25) is 9.59 Å². The Labute approximate surface area is 157 Å². The number of hydrogen-bond donors (Lipinski definition) is 3. The normalized spacial score (nSPS) is 11.7. The highest BCUT2D eigenvalue weighted by molar-refractivity contribution is 6.44. The summed E-state index contributed by atoms with van der Waals surface area (Å²) in [6.45, 7) is 5.06. The van der Waals surface area contributed by atoms with Gasteiger partial charge >= 0.3 is 5.97 Å². The fourth-order valence-electron chi connectivity index (χ4n) is 2.79. The van der Waals surface area contributed by atoms with Crippen LogP contribution in [0, 0.1) is 6.92 Å².